The van der Waals surface area contributed by atoms with Crippen molar-refractivity contribution in [2.45, 2.75) is 51.0 Å². The minimum Gasteiger partial charge on any atom is -0.459 e. The van der Waals surface area contributed by atoms with Gasteiger partial charge in [-0.05, 0) is 44.9 Å². The average molecular weight is 180 g/mol. The molecular formula is C11H16O2. The van der Waals surface area contributed by atoms with Crippen molar-refractivity contribution in [2.24, 2.45) is 0 Å². The Morgan fingerprint density at radius 3 is 2.69 bits per heavy atom. The lowest BCUT2D eigenvalue weighted by molar-refractivity contribution is -0.144. The molecule has 0 amide bonds. The van der Waals surface area contributed by atoms with E-state index < -0.39 is 0 Å². The lowest BCUT2D eigenvalue weighted by atomic mass is 10.2. The molecular weight excluding hydrogens is 164 g/mol. The summed E-state index contributed by atoms with van der Waals surface area (Å²) in [5.74, 6) is -0.0515. The molecule has 0 radical (unpaired) electrons. The second-order valence-electron chi connectivity index (χ2n) is 3.93. The van der Waals surface area contributed by atoms with E-state index in [0.717, 1.165) is 37.7 Å². The molecule has 0 spiro atoms. The molecule has 0 heterocycles. The van der Waals surface area contributed by atoms with E-state index in [0.29, 0.717) is 0 Å². The van der Waals surface area contributed by atoms with Crippen LogP contribution in [-0.4, -0.2) is 12.1 Å². The van der Waals surface area contributed by atoms with Crippen molar-refractivity contribution in [3.8, 4) is 0 Å². The van der Waals surface area contributed by atoms with E-state index in [9.17, 15) is 4.79 Å². The molecule has 0 aromatic rings. The molecule has 0 saturated heterocycles. The van der Waals surface area contributed by atoms with Crippen molar-refractivity contribution < 1.29 is 9.53 Å². The number of carbonyl (C=O) groups is 1. The highest BCUT2D eigenvalue weighted by atomic mass is 16.5. The molecule has 2 rings (SSSR count). The topological polar surface area (TPSA) is 26.3 Å². The molecule has 0 aromatic carbocycles. The fraction of sp³-hybridized carbons (Fsp3) is 0.727. The third-order valence-corrected chi connectivity index (χ3v) is 2.88. The van der Waals surface area contributed by atoms with Crippen LogP contribution in [0.3, 0.4) is 0 Å². The molecule has 1 saturated carbocycles. The standard InChI is InChI=1S/C11H16O2/c12-11(9-5-1-2-6-9)13-10-7-3-4-8-10/h5,10H,1-4,6-8H2. The fourth-order valence-electron chi connectivity index (χ4n) is 2.09. The average Bonchev–Trinajstić information content (AvgIpc) is 2.74. The SMILES string of the molecule is O=C(OC1CCCC1)C1=CCCC1. The molecule has 2 nitrogen and oxygen atoms in total. The maximum absolute atomic E-state index is 11.5. The number of hydrogen-bond acceptors (Lipinski definition) is 2. The molecule has 2 aliphatic rings. The summed E-state index contributed by atoms with van der Waals surface area (Å²) in [5.41, 5.74) is 0.909. The van der Waals surface area contributed by atoms with Crippen LogP contribution in [0.4, 0.5) is 0 Å². The van der Waals surface area contributed by atoms with Gasteiger partial charge in [-0.3, -0.25) is 0 Å². The quantitative estimate of drug-likeness (QED) is 0.610. The van der Waals surface area contributed by atoms with Gasteiger partial charge >= 0.3 is 5.97 Å². The molecule has 0 N–H and O–H groups in total. The Labute approximate surface area is 79.0 Å². The summed E-state index contributed by atoms with van der Waals surface area (Å²) in [6, 6.07) is 0. The van der Waals surface area contributed by atoms with E-state index in [1.54, 1.807) is 0 Å². The Morgan fingerprint density at radius 2 is 2.08 bits per heavy atom. The molecule has 0 bridgehead atoms. The van der Waals surface area contributed by atoms with Gasteiger partial charge in [0, 0.05) is 5.57 Å². The Hall–Kier alpha value is -0.790. The van der Waals surface area contributed by atoms with Gasteiger partial charge in [-0.25, -0.2) is 4.79 Å². The van der Waals surface area contributed by atoms with Crippen LogP contribution in [0.15, 0.2) is 11.6 Å². The Kier molecular flexibility index (Phi) is 2.67. The zero-order valence-electron chi connectivity index (χ0n) is 7.92. The minimum atomic E-state index is -0.0515. The Morgan fingerprint density at radius 1 is 1.31 bits per heavy atom. The van der Waals surface area contributed by atoms with E-state index >= 15 is 0 Å². The summed E-state index contributed by atoms with van der Waals surface area (Å²) in [4.78, 5) is 11.5. The molecule has 2 aliphatic carbocycles. The first-order valence-electron chi connectivity index (χ1n) is 5.26. The van der Waals surface area contributed by atoms with E-state index in [1.165, 1.54) is 12.8 Å². The predicted octanol–water partition coefficient (Wildman–Crippen LogP) is 2.58. The van der Waals surface area contributed by atoms with Gasteiger partial charge in [0.15, 0.2) is 0 Å². The molecule has 72 valence electrons. The van der Waals surface area contributed by atoms with Crippen LogP contribution in [0.1, 0.15) is 44.9 Å². The number of carbonyl (C=O) groups excluding carboxylic acids is 1. The lowest BCUT2D eigenvalue weighted by Crippen LogP contribution is -2.15. The number of ether oxygens (including phenoxy) is 1. The van der Waals surface area contributed by atoms with Crippen LogP contribution in [0, 0.1) is 0 Å². The maximum atomic E-state index is 11.5. The summed E-state index contributed by atoms with van der Waals surface area (Å²) in [6.07, 6.45) is 9.91. The number of allylic oxidation sites excluding steroid dienone is 1. The van der Waals surface area contributed by atoms with Gasteiger partial charge in [0.25, 0.3) is 0 Å². The first-order valence-corrected chi connectivity index (χ1v) is 5.26. The Balaban J connectivity index is 1.83. The van der Waals surface area contributed by atoms with E-state index in [2.05, 4.69) is 0 Å². The van der Waals surface area contributed by atoms with Crippen LogP contribution in [0.25, 0.3) is 0 Å². The summed E-state index contributed by atoms with van der Waals surface area (Å²) >= 11 is 0. The van der Waals surface area contributed by atoms with Gasteiger partial charge in [0.2, 0.25) is 0 Å². The molecule has 2 heteroatoms. The van der Waals surface area contributed by atoms with E-state index in [1.807, 2.05) is 6.08 Å². The van der Waals surface area contributed by atoms with Crippen LogP contribution >= 0.6 is 0 Å². The van der Waals surface area contributed by atoms with Crippen LogP contribution < -0.4 is 0 Å². The Bertz CT molecular complexity index is 224. The van der Waals surface area contributed by atoms with Crippen molar-refractivity contribution in [2.75, 3.05) is 0 Å². The lowest BCUT2D eigenvalue weighted by Gasteiger charge is -2.11. The number of esters is 1. The van der Waals surface area contributed by atoms with Crippen molar-refractivity contribution >= 4 is 5.97 Å². The molecule has 0 aliphatic heterocycles. The third-order valence-electron chi connectivity index (χ3n) is 2.88. The maximum Gasteiger partial charge on any atom is 0.333 e. The van der Waals surface area contributed by atoms with Gasteiger partial charge in [-0.2, -0.15) is 0 Å². The van der Waals surface area contributed by atoms with E-state index in [-0.39, 0.29) is 12.1 Å². The highest BCUT2D eigenvalue weighted by molar-refractivity contribution is 5.88. The molecule has 0 unspecified atom stereocenters. The van der Waals surface area contributed by atoms with Crippen molar-refractivity contribution in [3.05, 3.63) is 11.6 Å². The predicted molar refractivity (Wildman–Crippen MR) is 50.3 cm³/mol. The number of hydrogen-bond donors (Lipinski definition) is 0. The molecule has 1 fully saturated rings. The third kappa shape index (κ3) is 2.11. The monoisotopic (exact) mass is 180 g/mol. The number of rotatable bonds is 2. The molecule has 13 heavy (non-hydrogen) atoms. The van der Waals surface area contributed by atoms with Crippen molar-refractivity contribution in [3.63, 3.8) is 0 Å². The second kappa shape index (κ2) is 3.95. The zero-order chi connectivity index (χ0) is 9.10. The van der Waals surface area contributed by atoms with Crippen molar-refractivity contribution in [1.82, 2.24) is 0 Å². The summed E-state index contributed by atoms with van der Waals surface area (Å²) in [7, 11) is 0. The van der Waals surface area contributed by atoms with Crippen LogP contribution in [-0.2, 0) is 9.53 Å². The normalized spacial score (nSPS) is 23.2. The van der Waals surface area contributed by atoms with Crippen molar-refractivity contribution in [1.29, 1.82) is 0 Å². The molecule has 0 aromatic heterocycles. The summed E-state index contributed by atoms with van der Waals surface area (Å²) < 4.78 is 5.39. The highest BCUT2D eigenvalue weighted by Crippen LogP contribution is 2.24. The van der Waals surface area contributed by atoms with Gasteiger partial charge in [0.05, 0.1) is 0 Å². The van der Waals surface area contributed by atoms with Gasteiger partial charge < -0.3 is 4.74 Å². The van der Waals surface area contributed by atoms with Gasteiger partial charge in [-0.15, -0.1) is 0 Å². The van der Waals surface area contributed by atoms with Gasteiger partial charge in [-0.1, -0.05) is 6.08 Å². The minimum absolute atomic E-state index is 0.0515. The molecule has 0 atom stereocenters. The fourth-order valence-corrected chi connectivity index (χ4v) is 2.09. The second-order valence-corrected chi connectivity index (χ2v) is 3.93. The summed E-state index contributed by atoms with van der Waals surface area (Å²) in [5, 5.41) is 0. The van der Waals surface area contributed by atoms with Crippen LogP contribution in [0.2, 0.25) is 0 Å². The first kappa shape index (κ1) is 8.79. The van der Waals surface area contributed by atoms with Crippen LogP contribution in [0.5, 0.6) is 0 Å². The largest absolute Gasteiger partial charge is 0.459 e. The van der Waals surface area contributed by atoms with E-state index in [4.69, 9.17) is 4.74 Å². The zero-order valence-corrected chi connectivity index (χ0v) is 7.92. The highest BCUT2D eigenvalue weighted by Gasteiger charge is 2.22. The smallest absolute Gasteiger partial charge is 0.333 e. The van der Waals surface area contributed by atoms with Gasteiger partial charge in [0.1, 0.15) is 6.10 Å². The first-order chi connectivity index (χ1) is 6.36. The summed E-state index contributed by atoms with van der Waals surface area (Å²) in [6.45, 7) is 0.